The predicted molar refractivity (Wildman–Crippen MR) is 100 cm³/mol. The Morgan fingerprint density at radius 1 is 1.42 bits per heavy atom. The maximum Gasteiger partial charge on any atom is 0.252 e. The van der Waals surface area contributed by atoms with Gasteiger partial charge in [-0.25, -0.2) is 0 Å². The van der Waals surface area contributed by atoms with E-state index in [0.717, 1.165) is 69.7 Å². The van der Waals surface area contributed by atoms with Crippen molar-refractivity contribution in [3.05, 3.63) is 29.6 Å². The Morgan fingerprint density at radius 2 is 2.23 bits per heavy atom. The van der Waals surface area contributed by atoms with Crippen molar-refractivity contribution in [1.29, 1.82) is 0 Å². The number of piperidine rings is 1. The average Bonchev–Trinajstić information content (AvgIpc) is 3.18. The Labute approximate surface area is 156 Å². The van der Waals surface area contributed by atoms with Gasteiger partial charge < -0.3 is 19.7 Å². The zero-order valence-corrected chi connectivity index (χ0v) is 16.0. The minimum atomic E-state index is -0.698. The number of nitrogens with zero attached hydrogens (tertiary/aromatic N) is 2. The Morgan fingerprint density at radius 3 is 2.88 bits per heavy atom. The molecule has 1 amide bonds. The Hall–Kier alpha value is -1.50. The summed E-state index contributed by atoms with van der Waals surface area (Å²) >= 11 is 0. The molecule has 2 aliphatic heterocycles. The lowest BCUT2D eigenvalue weighted by molar-refractivity contribution is -0.150. The molecule has 1 atom stereocenters. The van der Waals surface area contributed by atoms with Crippen molar-refractivity contribution in [2.45, 2.75) is 50.7 Å². The van der Waals surface area contributed by atoms with Crippen LogP contribution in [0, 0.1) is 6.92 Å². The highest BCUT2D eigenvalue weighted by atomic mass is 16.5. The lowest BCUT2D eigenvalue weighted by atomic mass is 9.89. The molecule has 26 heavy (non-hydrogen) atoms. The molecule has 6 heteroatoms. The summed E-state index contributed by atoms with van der Waals surface area (Å²) in [5.74, 6) is 0.00972. The molecule has 6 nitrogen and oxygen atoms in total. The van der Waals surface area contributed by atoms with Gasteiger partial charge in [0, 0.05) is 57.7 Å². The van der Waals surface area contributed by atoms with Gasteiger partial charge in [0.1, 0.15) is 5.60 Å². The number of carbonyl (C=O) groups is 1. The fraction of sp³-hybridized carbons (Fsp3) is 0.700. The second kappa shape index (κ2) is 8.93. The summed E-state index contributed by atoms with van der Waals surface area (Å²) in [5.41, 5.74) is 1.49. The Bertz CT molecular complexity index is 594. The quantitative estimate of drug-likeness (QED) is 0.801. The van der Waals surface area contributed by atoms with Crippen LogP contribution in [0.4, 0.5) is 0 Å². The van der Waals surface area contributed by atoms with E-state index in [1.807, 2.05) is 13.0 Å². The Balaban J connectivity index is 1.45. The van der Waals surface area contributed by atoms with Gasteiger partial charge in [-0.15, -0.1) is 0 Å². The van der Waals surface area contributed by atoms with E-state index in [1.54, 1.807) is 7.11 Å². The number of ether oxygens (including phenoxy) is 2. The number of nitrogens with one attached hydrogen (secondary N) is 1. The monoisotopic (exact) mass is 361 g/mol. The number of methoxy groups -OCH3 is 1. The van der Waals surface area contributed by atoms with Crippen LogP contribution in [-0.4, -0.2) is 67.4 Å². The number of hydrogen-bond acceptors (Lipinski definition) is 5. The van der Waals surface area contributed by atoms with Crippen LogP contribution in [0.25, 0.3) is 0 Å². The summed E-state index contributed by atoms with van der Waals surface area (Å²) in [5, 5.41) is 3.05. The zero-order valence-electron chi connectivity index (χ0n) is 16.0. The SMILES string of the molecule is COC1(C(=O)NCC2CCCO2)CCN(CCc2cccc(C)n2)CC1. The van der Waals surface area contributed by atoms with Crippen LogP contribution in [0.1, 0.15) is 37.1 Å². The maximum absolute atomic E-state index is 12.7. The van der Waals surface area contributed by atoms with Gasteiger partial charge >= 0.3 is 0 Å². The molecule has 0 spiro atoms. The third-order valence-corrected chi connectivity index (χ3v) is 5.61. The first-order valence-electron chi connectivity index (χ1n) is 9.71. The summed E-state index contributed by atoms with van der Waals surface area (Å²) in [7, 11) is 1.65. The summed E-state index contributed by atoms with van der Waals surface area (Å²) in [6.07, 6.45) is 4.66. The molecule has 1 aromatic rings. The topological polar surface area (TPSA) is 63.7 Å². The van der Waals surface area contributed by atoms with Gasteiger partial charge in [0.15, 0.2) is 0 Å². The smallest absolute Gasteiger partial charge is 0.252 e. The van der Waals surface area contributed by atoms with E-state index < -0.39 is 5.60 Å². The van der Waals surface area contributed by atoms with E-state index in [2.05, 4.69) is 27.3 Å². The normalized spacial score (nSPS) is 23.1. The van der Waals surface area contributed by atoms with Crippen LogP contribution in [0.3, 0.4) is 0 Å². The number of carbonyl (C=O) groups excluding carboxylic acids is 1. The fourth-order valence-electron chi connectivity index (χ4n) is 3.85. The molecule has 0 radical (unpaired) electrons. The van der Waals surface area contributed by atoms with Crippen molar-refractivity contribution in [2.75, 3.05) is 39.9 Å². The van der Waals surface area contributed by atoms with Crippen LogP contribution in [-0.2, 0) is 20.7 Å². The molecular weight excluding hydrogens is 330 g/mol. The molecule has 1 aromatic heterocycles. The number of hydrogen-bond donors (Lipinski definition) is 1. The van der Waals surface area contributed by atoms with Crippen molar-refractivity contribution >= 4 is 5.91 Å². The summed E-state index contributed by atoms with van der Waals surface area (Å²) < 4.78 is 11.3. The maximum atomic E-state index is 12.7. The van der Waals surface area contributed by atoms with Crippen molar-refractivity contribution < 1.29 is 14.3 Å². The van der Waals surface area contributed by atoms with Gasteiger partial charge in [0.05, 0.1) is 6.10 Å². The third-order valence-electron chi connectivity index (χ3n) is 5.61. The lowest BCUT2D eigenvalue weighted by Crippen LogP contribution is -2.56. The first-order valence-corrected chi connectivity index (χ1v) is 9.71. The van der Waals surface area contributed by atoms with E-state index in [0.29, 0.717) is 6.54 Å². The summed E-state index contributed by atoms with van der Waals surface area (Å²) in [6.45, 7) is 6.12. The van der Waals surface area contributed by atoms with Gasteiger partial charge in [0.2, 0.25) is 0 Å². The standard InChI is InChI=1S/C20H31N3O3/c1-16-5-3-6-17(22-16)8-11-23-12-9-20(25-2,10-13-23)19(24)21-15-18-7-4-14-26-18/h3,5-6,18H,4,7-15H2,1-2H3,(H,21,24). The van der Waals surface area contributed by atoms with Gasteiger partial charge in [-0.05, 0) is 44.7 Å². The Kier molecular flexibility index (Phi) is 6.62. The van der Waals surface area contributed by atoms with Crippen LogP contribution in [0.5, 0.6) is 0 Å². The van der Waals surface area contributed by atoms with Gasteiger partial charge in [-0.3, -0.25) is 9.78 Å². The highest BCUT2D eigenvalue weighted by Crippen LogP contribution is 2.26. The van der Waals surface area contributed by atoms with E-state index in [1.165, 1.54) is 0 Å². The molecule has 2 saturated heterocycles. The first-order chi connectivity index (χ1) is 12.6. The second-order valence-electron chi connectivity index (χ2n) is 7.41. The van der Waals surface area contributed by atoms with E-state index >= 15 is 0 Å². The van der Waals surface area contributed by atoms with E-state index in [-0.39, 0.29) is 12.0 Å². The molecule has 1 N–H and O–H groups in total. The molecule has 0 bridgehead atoms. The highest BCUT2D eigenvalue weighted by Gasteiger charge is 2.41. The van der Waals surface area contributed by atoms with Crippen molar-refractivity contribution in [2.24, 2.45) is 0 Å². The molecule has 2 aliphatic rings. The third kappa shape index (κ3) is 4.81. The first kappa shape index (κ1) is 19.3. The van der Waals surface area contributed by atoms with Crippen LogP contribution < -0.4 is 5.32 Å². The number of aryl methyl sites for hydroxylation is 1. The molecule has 0 aliphatic carbocycles. The minimum absolute atomic E-state index is 0.00972. The van der Waals surface area contributed by atoms with Crippen LogP contribution in [0.15, 0.2) is 18.2 Å². The molecule has 1 unspecified atom stereocenters. The lowest BCUT2D eigenvalue weighted by Gasteiger charge is -2.39. The molecule has 144 valence electrons. The van der Waals surface area contributed by atoms with Crippen molar-refractivity contribution in [3.63, 3.8) is 0 Å². The van der Waals surface area contributed by atoms with Crippen LogP contribution in [0.2, 0.25) is 0 Å². The fourth-order valence-corrected chi connectivity index (χ4v) is 3.85. The largest absolute Gasteiger partial charge is 0.376 e. The molecule has 2 fully saturated rings. The summed E-state index contributed by atoms with van der Waals surface area (Å²) in [4.78, 5) is 19.7. The van der Waals surface area contributed by atoms with Gasteiger partial charge in [0.25, 0.3) is 5.91 Å². The van der Waals surface area contributed by atoms with E-state index in [4.69, 9.17) is 9.47 Å². The number of pyridine rings is 1. The van der Waals surface area contributed by atoms with Gasteiger partial charge in [-0.1, -0.05) is 6.07 Å². The van der Waals surface area contributed by atoms with Crippen molar-refractivity contribution in [3.8, 4) is 0 Å². The minimum Gasteiger partial charge on any atom is -0.376 e. The number of rotatable bonds is 7. The zero-order chi connectivity index (χ0) is 18.4. The molecule has 3 heterocycles. The van der Waals surface area contributed by atoms with E-state index in [9.17, 15) is 4.79 Å². The molecule has 0 saturated carbocycles. The van der Waals surface area contributed by atoms with Crippen LogP contribution >= 0.6 is 0 Å². The second-order valence-corrected chi connectivity index (χ2v) is 7.41. The molecule has 3 rings (SSSR count). The highest BCUT2D eigenvalue weighted by molar-refractivity contribution is 5.85. The summed E-state index contributed by atoms with van der Waals surface area (Å²) in [6, 6.07) is 6.16. The number of aromatic nitrogens is 1. The molecular formula is C20H31N3O3. The average molecular weight is 361 g/mol. The predicted octanol–water partition coefficient (Wildman–Crippen LogP) is 1.71. The van der Waals surface area contributed by atoms with Gasteiger partial charge in [-0.2, -0.15) is 0 Å². The van der Waals surface area contributed by atoms with Crippen molar-refractivity contribution in [1.82, 2.24) is 15.2 Å². The number of likely N-dealkylation sites (tertiary alicyclic amines) is 1. The molecule has 0 aromatic carbocycles. The number of amides is 1.